The smallest absolute Gasteiger partial charge is 0.232 e. The zero-order valence-corrected chi connectivity index (χ0v) is 19.7. The van der Waals surface area contributed by atoms with Crippen molar-refractivity contribution in [3.63, 3.8) is 0 Å². The quantitative estimate of drug-likeness (QED) is 0.491. The summed E-state index contributed by atoms with van der Waals surface area (Å²) in [5, 5.41) is 11.3. The van der Waals surface area contributed by atoms with Crippen LogP contribution in [0, 0.1) is 6.92 Å². The first-order valence-electron chi connectivity index (χ1n) is 11.0. The van der Waals surface area contributed by atoms with Gasteiger partial charge >= 0.3 is 0 Å². The number of nitrogens with zero attached hydrogens (tertiary/aromatic N) is 1. The first kappa shape index (κ1) is 22.5. The fraction of sp³-hybridized carbons (Fsp3) is 0.222. The van der Waals surface area contributed by atoms with E-state index in [2.05, 4.69) is 17.0 Å². The van der Waals surface area contributed by atoms with Gasteiger partial charge in [0.15, 0.2) is 12.6 Å². The molecule has 0 saturated heterocycles. The van der Waals surface area contributed by atoms with Gasteiger partial charge in [0.05, 0.1) is 17.7 Å². The van der Waals surface area contributed by atoms with E-state index < -0.39 is 0 Å². The molecular formula is C27H24ClNO5. The van der Waals surface area contributed by atoms with E-state index >= 15 is 0 Å². The summed E-state index contributed by atoms with van der Waals surface area (Å²) in [5.74, 6) is 1.05. The van der Waals surface area contributed by atoms with Crippen LogP contribution in [0.1, 0.15) is 38.2 Å². The third kappa shape index (κ3) is 4.28. The number of carbonyl (C=O) groups is 1. The monoisotopic (exact) mass is 477 g/mol. The number of fused-ring (bicyclic) bond motifs is 2. The Bertz CT molecular complexity index is 1300. The second-order valence-corrected chi connectivity index (χ2v) is 9.02. The van der Waals surface area contributed by atoms with Gasteiger partial charge in [0.1, 0.15) is 17.2 Å². The Kier molecular flexibility index (Phi) is 6.04. The Balaban J connectivity index is 1.49. The summed E-state index contributed by atoms with van der Waals surface area (Å²) in [6.07, 6.45) is 1.65. The van der Waals surface area contributed by atoms with E-state index in [9.17, 15) is 9.90 Å². The molecule has 3 aromatic rings. The Morgan fingerprint density at radius 2 is 1.91 bits per heavy atom. The van der Waals surface area contributed by atoms with Crippen LogP contribution in [-0.4, -0.2) is 29.6 Å². The van der Waals surface area contributed by atoms with Crippen molar-refractivity contribution in [3.05, 3.63) is 92.7 Å². The van der Waals surface area contributed by atoms with E-state index in [4.69, 9.17) is 25.8 Å². The molecule has 174 valence electrons. The lowest BCUT2D eigenvalue weighted by atomic mass is 9.98. The Morgan fingerprint density at radius 3 is 2.71 bits per heavy atom. The first-order chi connectivity index (χ1) is 16.4. The molecule has 7 heteroatoms. The minimum atomic E-state index is -0.236. The van der Waals surface area contributed by atoms with Crippen molar-refractivity contribution in [1.82, 2.24) is 4.90 Å². The maximum absolute atomic E-state index is 13.3. The number of phenols is 1. The average Bonchev–Trinajstić information content (AvgIpc) is 3.13. The van der Waals surface area contributed by atoms with Crippen molar-refractivity contribution in [1.29, 1.82) is 0 Å². The van der Waals surface area contributed by atoms with Gasteiger partial charge in [-0.05, 0) is 49.4 Å². The number of halogens is 1. The lowest BCUT2D eigenvalue weighted by Gasteiger charge is -2.20. The van der Waals surface area contributed by atoms with Gasteiger partial charge in [-0.1, -0.05) is 41.9 Å². The highest BCUT2D eigenvalue weighted by Gasteiger charge is 2.34. The van der Waals surface area contributed by atoms with E-state index in [0.717, 1.165) is 11.1 Å². The highest BCUT2D eigenvalue weighted by atomic mass is 35.5. The molecule has 0 atom stereocenters. The van der Waals surface area contributed by atoms with Gasteiger partial charge < -0.3 is 19.3 Å². The van der Waals surface area contributed by atoms with E-state index in [1.54, 1.807) is 31.2 Å². The zero-order chi connectivity index (χ0) is 23.8. The van der Waals surface area contributed by atoms with Gasteiger partial charge in [0, 0.05) is 29.2 Å². The molecular weight excluding hydrogens is 454 g/mol. The fourth-order valence-corrected chi connectivity index (χ4v) is 4.66. The highest BCUT2D eigenvalue weighted by molar-refractivity contribution is 6.31. The van der Waals surface area contributed by atoms with E-state index in [1.165, 1.54) is 0 Å². The Hall–Kier alpha value is -3.32. The third-order valence-corrected chi connectivity index (χ3v) is 6.15. The number of rotatable bonds is 5. The second-order valence-electron chi connectivity index (χ2n) is 8.59. The molecule has 2 aliphatic rings. The predicted octanol–water partition coefficient (Wildman–Crippen LogP) is 5.47. The summed E-state index contributed by atoms with van der Waals surface area (Å²) < 4.78 is 17.1. The number of hydrogen-bond acceptors (Lipinski definition) is 6. The Labute approximate surface area is 202 Å². The molecule has 0 aromatic heterocycles. The molecule has 0 aliphatic carbocycles. The molecule has 0 unspecified atom stereocenters. The average molecular weight is 478 g/mol. The van der Waals surface area contributed by atoms with Crippen molar-refractivity contribution in [2.24, 2.45) is 0 Å². The summed E-state index contributed by atoms with van der Waals surface area (Å²) in [6.45, 7) is 3.41. The van der Waals surface area contributed by atoms with Gasteiger partial charge in [-0.3, -0.25) is 9.69 Å². The number of aryl methyl sites for hydroxylation is 1. The largest absolute Gasteiger partial charge is 0.507 e. The van der Waals surface area contributed by atoms with Crippen LogP contribution in [0.2, 0.25) is 5.02 Å². The number of ketones is 1. The van der Waals surface area contributed by atoms with Crippen molar-refractivity contribution in [2.45, 2.75) is 26.6 Å². The van der Waals surface area contributed by atoms with Crippen LogP contribution in [0.15, 0.2) is 54.3 Å². The van der Waals surface area contributed by atoms with Gasteiger partial charge in [-0.25, -0.2) is 0 Å². The molecule has 0 amide bonds. The zero-order valence-electron chi connectivity index (χ0n) is 18.9. The third-order valence-electron chi connectivity index (χ3n) is 5.93. The van der Waals surface area contributed by atoms with Crippen molar-refractivity contribution >= 4 is 23.5 Å². The van der Waals surface area contributed by atoms with Gasteiger partial charge in [-0.15, -0.1) is 0 Å². The number of hydrogen-bond donors (Lipinski definition) is 1. The van der Waals surface area contributed by atoms with Crippen LogP contribution < -0.4 is 9.47 Å². The SMILES string of the molecule is Cc1cc(O)c(CN(C)Cc2ccccc2)c2c1C(=O)/C(=C/c1cc(Cl)cc3c1OCOC3)O2. The number of allylic oxidation sites excluding steroid dienone is 1. The second kappa shape index (κ2) is 9.14. The highest BCUT2D eigenvalue weighted by Crippen LogP contribution is 2.43. The summed E-state index contributed by atoms with van der Waals surface area (Å²) in [5.41, 5.74) is 4.31. The van der Waals surface area contributed by atoms with Crippen LogP contribution in [-0.2, 0) is 24.4 Å². The van der Waals surface area contributed by atoms with Crippen LogP contribution >= 0.6 is 11.6 Å². The lowest BCUT2D eigenvalue weighted by Crippen LogP contribution is -2.17. The molecule has 6 nitrogen and oxygen atoms in total. The molecule has 0 spiro atoms. The van der Waals surface area contributed by atoms with Crippen molar-refractivity contribution in [3.8, 4) is 17.2 Å². The van der Waals surface area contributed by atoms with Gasteiger partial charge in [0.25, 0.3) is 0 Å². The number of ether oxygens (including phenoxy) is 3. The minimum Gasteiger partial charge on any atom is -0.507 e. The number of benzene rings is 3. The van der Waals surface area contributed by atoms with Gasteiger partial charge in [-0.2, -0.15) is 0 Å². The molecule has 2 heterocycles. The predicted molar refractivity (Wildman–Crippen MR) is 129 cm³/mol. The summed E-state index contributed by atoms with van der Waals surface area (Å²) in [6, 6.07) is 15.2. The van der Waals surface area contributed by atoms with E-state index in [-0.39, 0.29) is 24.1 Å². The summed E-state index contributed by atoms with van der Waals surface area (Å²) in [7, 11) is 1.96. The molecule has 0 fully saturated rings. The number of carbonyl (C=O) groups excluding carboxylic acids is 1. The van der Waals surface area contributed by atoms with Crippen LogP contribution in [0.4, 0.5) is 0 Å². The molecule has 0 saturated carbocycles. The van der Waals surface area contributed by atoms with Crippen molar-refractivity contribution < 1.29 is 24.1 Å². The standard InChI is InChI=1S/C27H24ClNO5/c1-16-8-22(30)21(13-29(2)12-17-6-4-3-5-7-17)27-24(16)25(31)23(34-27)11-18-9-20(28)10-19-14-32-15-33-26(18)19/h3-11,30H,12-15H2,1-2H3/b23-11-. The number of Topliss-reactive ketones (excluding diaryl/α,β-unsaturated/α-hetero) is 1. The van der Waals surface area contributed by atoms with Crippen molar-refractivity contribution in [2.75, 3.05) is 13.8 Å². The van der Waals surface area contributed by atoms with Crippen LogP contribution in [0.3, 0.4) is 0 Å². The molecule has 2 aliphatic heterocycles. The van der Waals surface area contributed by atoms with E-state index in [0.29, 0.717) is 58.5 Å². The van der Waals surface area contributed by atoms with E-state index in [1.807, 2.05) is 25.2 Å². The summed E-state index contributed by atoms with van der Waals surface area (Å²) >= 11 is 6.28. The molecule has 0 bridgehead atoms. The maximum atomic E-state index is 13.3. The fourth-order valence-electron chi connectivity index (χ4n) is 4.41. The molecule has 34 heavy (non-hydrogen) atoms. The minimum absolute atomic E-state index is 0.103. The first-order valence-corrected chi connectivity index (χ1v) is 11.3. The van der Waals surface area contributed by atoms with Crippen LogP contribution in [0.25, 0.3) is 6.08 Å². The Morgan fingerprint density at radius 1 is 1.12 bits per heavy atom. The summed E-state index contributed by atoms with van der Waals surface area (Å²) in [4.78, 5) is 15.4. The number of aromatic hydroxyl groups is 1. The lowest BCUT2D eigenvalue weighted by molar-refractivity contribution is -0.0165. The maximum Gasteiger partial charge on any atom is 0.232 e. The molecule has 3 aromatic carbocycles. The molecule has 1 N–H and O–H groups in total. The van der Waals surface area contributed by atoms with Crippen LogP contribution in [0.5, 0.6) is 17.2 Å². The molecule has 5 rings (SSSR count). The topological polar surface area (TPSA) is 68.2 Å². The normalized spacial score (nSPS) is 15.8. The number of phenolic OH excluding ortho intramolecular Hbond substituents is 1. The van der Waals surface area contributed by atoms with Gasteiger partial charge in [0.2, 0.25) is 5.78 Å². The molecule has 0 radical (unpaired) electrons.